The number of morpholine rings is 1. The summed E-state index contributed by atoms with van der Waals surface area (Å²) in [6.45, 7) is 7.30. The molecule has 46 heavy (non-hydrogen) atoms. The first kappa shape index (κ1) is 31.3. The smallest absolute Gasteiger partial charge is 0.239 e. The molecular formula is C32H37ClN8O3S2. The van der Waals surface area contributed by atoms with Crippen molar-refractivity contribution in [2.75, 3.05) is 69.1 Å². The molecule has 7 rings (SSSR count). The summed E-state index contributed by atoms with van der Waals surface area (Å²) >= 11 is 8.19. The zero-order valence-corrected chi connectivity index (χ0v) is 28.0. The van der Waals surface area contributed by atoms with Gasteiger partial charge in [0, 0.05) is 85.9 Å². The van der Waals surface area contributed by atoms with Crippen LogP contribution < -0.4 is 15.8 Å². The maximum Gasteiger partial charge on any atom is 0.239 e. The van der Waals surface area contributed by atoms with Crippen molar-refractivity contribution >= 4 is 65.8 Å². The number of halogens is 1. The Bertz CT molecular complexity index is 1950. The minimum atomic E-state index is -3.16. The minimum absolute atomic E-state index is 0.514. The number of hydrazine groups is 1. The lowest BCUT2D eigenvalue weighted by atomic mass is 10.2. The Morgan fingerprint density at radius 1 is 0.935 bits per heavy atom. The van der Waals surface area contributed by atoms with Gasteiger partial charge in [-0.15, -0.1) is 11.3 Å². The molecule has 2 saturated heterocycles. The van der Waals surface area contributed by atoms with Crippen LogP contribution in [0.25, 0.3) is 21.1 Å². The number of benzene rings is 2. The van der Waals surface area contributed by atoms with Crippen molar-refractivity contribution in [3.8, 4) is 0 Å². The summed E-state index contributed by atoms with van der Waals surface area (Å²) in [5, 5.41) is 1.94. The third-order valence-electron chi connectivity index (χ3n) is 8.54. The first-order valence-corrected chi connectivity index (χ1v) is 18.5. The van der Waals surface area contributed by atoms with Gasteiger partial charge in [0.05, 0.1) is 29.7 Å². The number of hydrogen-bond acceptors (Lipinski definition) is 10. The van der Waals surface area contributed by atoms with Crippen LogP contribution in [0.4, 0.5) is 11.8 Å². The highest BCUT2D eigenvalue weighted by Gasteiger charge is 2.25. The summed E-state index contributed by atoms with van der Waals surface area (Å²) in [6.07, 6.45) is 3.45. The molecule has 11 nitrogen and oxygen atoms in total. The van der Waals surface area contributed by atoms with Crippen molar-refractivity contribution in [1.29, 1.82) is 0 Å². The van der Waals surface area contributed by atoms with E-state index >= 15 is 0 Å². The summed E-state index contributed by atoms with van der Waals surface area (Å²) < 4.78 is 34.4. The zero-order valence-electron chi connectivity index (χ0n) is 25.7. The molecule has 2 N–H and O–H groups in total. The van der Waals surface area contributed by atoms with Crippen LogP contribution in [0.15, 0.2) is 60.8 Å². The molecule has 0 amide bonds. The number of thiophene rings is 1. The molecule has 2 aliphatic heterocycles. The maximum absolute atomic E-state index is 11.9. The van der Waals surface area contributed by atoms with Gasteiger partial charge in [0.2, 0.25) is 16.0 Å². The van der Waals surface area contributed by atoms with Gasteiger partial charge in [-0.2, -0.15) is 9.29 Å². The van der Waals surface area contributed by atoms with Gasteiger partial charge < -0.3 is 14.2 Å². The Labute approximate surface area is 277 Å². The van der Waals surface area contributed by atoms with Gasteiger partial charge in [-0.3, -0.25) is 10.3 Å². The number of nitrogens with zero attached hydrogens (tertiary/aromatic N) is 6. The van der Waals surface area contributed by atoms with Gasteiger partial charge in [0.15, 0.2) is 5.82 Å². The van der Waals surface area contributed by atoms with Gasteiger partial charge in [-0.25, -0.2) is 18.8 Å². The Kier molecular flexibility index (Phi) is 9.14. The van der Waals surface area contributed by atoms with Crippen molar-refractivity contribution in [1.82, 2.24) is 29.2 Å². The van der Waals surface area contributed by atoms with Crippen LogP contribution in [0.5, 0.6) is 0 Å². The number of anilines is 2. The van der Waals surface area contributed by atoms with Crippen LogP contribution in [0.2, 0.25) is 5.02 Å². The molecule has 0 unspecified atom stereocenters. The molecule has 0 atom stereocenters. The number of aromatic nitrogens is 3. The number of nitrogens with one attached hydrogen (secondary N) is 2. The lowest BCUT2D eigenvalue weighted by Crippen LogP contribution is -2.47. The minimum Gasteiger partial charge on any atom is -0.378 e. The monoisotopic (exact) mass is 680 g/mol. The van der Waals surface area contributed by atoms with E-state index in [0.717, 1.165) is 57.3 Å². The highest BCUT2D eigenvalue weighted by molar-refractivity contribution is 7.88. The Hall–Kier alpha value is -3.30. The molecular weight excluding hydrogens is 644 g/mol. The Balaban J connectivity index is 1.09. The molecule has 0 aliphatic carbocycles. The second-order valence-corrected chi connectivity index (χ2v) is 15.2. The van der Waals surface area contributed by atoms with E-state index in [0.29, 0.717) is 58.4 Å². The van der Waals surface area contributed by atoms with E-state index in [4.69, 9.17) is 26.3 Å². The SMILES string of the molecule is CS(=O)(=O)N1CCN(Cc2cc3nc(NNCc4cn(Cc5ccccc5Cl)c5ccccc45)nc(N4CCOCC4)c3s2)CC1. The molecule has 0 bridgehead atoms. The molecule has 0 radical (unpaired) electrons. The molecule has 3 aromatic heterocycles. The number of fused-ring (bicyclic) bond motifs is 2. The van der Waals surface area contributed by atoms with Crippen LogP contribution in [0.1, 0.15) is 16.0 Å². The van der Waals surface area contributed by atoms with Gasteiger partial charge in [0.1, 0.15) is 0 Å². The number of ether oxygens (including phenoxy) is 1. The predicted octanol–water partition coefficient (Wildman–Crippen LogP) is 4.38. The molecule has 5 heterocycles. The summed E-state index contributed by atoms with van der Waals surface area (Å²) in [4.78, 5) is 15.6. The van der Waals surface area contributed by atoms with Crippen LogP contribution in [0.3, 0.4) is 0 Å². The lowest BCUT2D eigenvalue weighted by molar-refractivity contribution is 0.122. The summed E-state index contributed by atoms with van der Waals surface area (Å²) in [5.41, 5.74) is 10.9. The number of piperazine rings is 1. The van der Waals surface area contributed by atoms with E-state index in [-0.39, 0.29) is 0 Å². The average Bonchev–Trinajstić information content (AvgIpc) is 3.62. The molecule has 0 saturated carbocycles. The Morgan fingerprint density at radius 2 is 1.70 bits per heavy atom. The fourth-order valence-corrected chi connectivity index (χ4v) is 8.33. The van der Waals surface area contributed by atoms with Crippen molar-refractivity contribution in [2.24, 2.45) is 0 Å². The summed E-state index contributed by atoms with van der Waals surface area (Å²) in [5.74, 6) is 1.42. The molecule has 14 heteroatoms. The van der Waals surface area contributed by atoms with E-state index < -0.39 is 10.0 Å². The van der Waals surface area contributed by atoms with Crippen LogP contribution in [-0.4, -0.2) is 90.9 Å². The lowest BCUT2D eigenvalue weighted by Gasteiger charge is -2.32. The fourth-order valence-electron chi connectivity index (χ4n) is 6.15. The molecule has 2 aliphatic rings. The number of hydrogen-bond donors (Lipinski definition) is 2. The topological polar surface area (TPSA) is 108 Å². The first-order valence-electron chi connectivity index (χ1n) is 15.4. The van der Waals surface area contributed by atoms with E-state index in [9.17, 15) is 8.42 Å². The van der Waals surface area contributed by atoms with Gasteiger partial charge in [-0.05, 0) is 29.3 Å². The van der Waals surface area contributed by atoms with Crippen molar-refractivity contribution in [2.45, 2.75) is 19.6 Å². The Morgan fingerprint density at radius 3 is 2.48 bits per heavy atom. The second kappa shape index (κ2) is 13.4. The largest absolute Gasteiger partial charge is 0.378 e. The van der Waals surface area contributed by atoms with Crippen LogP contribution in [-0.2, 0) is 34.4 Å². The highest BCUT2D eigenvalue weighted by atomic mass is 35.5. The third-order valence-corrected chi connectivity index (χ3v) is 11.3. The normalized spacial score (nSPS) is 16.9. The fraction of sp³-hybridized carbons (Fsp3) is 0.375. The van der Waals surface area contributed by atoms with Crippen molar-refractivity contribution in [3.05, 3.63) is 81.8 Å². The quantitative estimate of drug-likeness (QED) is 0.208. The number of rotatable bonds is 10. The van der Waals surface area contributed by atoms with E-state index in [1.165, 1.54) is 16.5 Å². The third kappa shape index (κ3) is 6.86. The van der Waals surface area contributed by atoms with E-state index in [1.807, 2.05) is 18.2 Å². The molecule has 2 fully saturated rings. The van der Waals surface area contributed by atoms with Gasteiger partial charge in [0.25, 0.3) is 0 Å². The zero-order chi connectivity index (χ0) is 31.7. The van der Waals surface area contributed by atoms with Crippen LogP contribution in [0, 0.1) is 0 Å². The number of para-hydroxylation sites is 1. The molecule has 5 aromatic rings. The van der Waals surface area contributed by atoms with Gasteiger partial charge in [-0.1, -0.05) is 48.0 Å². The second-order valence-electron chi connectivity index (χ2n) is 11.7. The summed E-state index contributed by atoms with van der Waals surface area (Å²) in [7, 11) is -3.16. The average molecular weight is 681 g/mol. The summed E-state index contributed by atoms with van der Waals surface area (Å²) in [6, 6.07) is 18.5. The first-order chi connectivity index (χ1) is 22.3. The molecule has 2 aromatic carbocycles. The van der Waals surface area contributed by atoms with E-state index in [2.05, 4.69) is 67.8 Å². The van der Waals surface area contributed by atoms with Gasteiger partial charge >= 0.3 is 0 Å². The van der Waals surface area contributed by atoms with Crippen molar-refractivity contribution < 1.29 is 13.2 Å². The standard InChI is InChI=1S/C32H37ClN8O3S2/c1-46(42,43)41-12-10-38(11-13-41)22-25-18-28-30(45-25)31(39-14-16-44-17-15-39)36-32(35-28)37-34-19-24-21-40(29-9-5-3-7-26(24)29)20-23-6-2-4-8-27(23)33/h2-9,18,21,34H,10-17,19-20,22H2,1H3,(H,35,36,37). The van der Waals surface area contributed by atoms with Crippen molar-refractivity contribution in [3.63, 3.8) is 0 Å². The number of sulfonamides is 1. The highest BCUT2D eigenvalue weighted by Crippen LogP contribution is 2.34. The maximum atomic E-state index is 11.9. The molecule has 242 valence electrons. The molecule has 0 spiro atoms. The predicted molar refractivity (Wildman–Crippen MR) is 185 cm³/mol. The van der Waals surface area contributed by atoms with Crippen LogP contribution >= 0.6 is 22.9 Å². The van der Waals surface area contributed by atoms with E-state index in [1.54, 1.807) is 15.6 Å².